The van der Waals surface area contributed by atoms with Gasteiger partial charge >= 0.3 is 0 Å². The lowest BCUT2D eigenvalue weighted by atomic mass is 10.1. The highest BCUT2D eigenvalue weighted by Gasteiger charge is 2.01. The molecule has 0 saturated carbocycles. The van der Waals surface area contributed by atoms with Crippen LogP contribution in [0.4, 0.5) is 5.82 Å². The van der Waals surface area contributed by atoms with Crippen molar-refractivity contribution in [1.82, 2.24) is 9.97 Å². The van der Waals surface area contributed by atoms with Crippen LogP contribution in [0, 0.1) is 13.8 Å². The minimum Gasteiger partial charge on any atom is -0.492 e. The minimum atomic E-state index is 0.577. The van der Waals surface area contributed by atoms with Gasteiger partial charge in [0.05, 0.1) is 17.9 Å². The second kappa shape index (κ2) is 6.43. The summed E-state index contributed by atoms with van der Waals surface area (Å²) in [5, 5.41) is 5.67. The molecule has 3 aromatic rings. The van der Waals surface area contributed by atoms with Gasteiger partial charge < -0.3 is 10.1 Å². The van der Waals surface area contributed by atoms with Crippen molar-refractivity contribution >= 4 is 16.6 Å². The van der Waals surface area contributed by atoms with E-state index in [1.165, 1.54) is 10.8 Å². The van der Waals surface area contributed by atoms with Gasteiger partial charge in [-0.25, -0.2) is 4.98 Å². The molecule has 1 aromatic heterocycles. The van der Waals surface area contributed by atoms with Crippen LogP contribution < -0.4 is 10.1 Å². The molecule has 0 aliphatic carbocycles. The molecule has 0 aliphatic heterocycles. The van der Waals surface area contributed by atoms with Crippen molar-refractivity contribution in [2.24, 2.45) is 0 Å². The lowest BCUT2D eigenvalue weighted by molar-refractivity contribution is 0.333. The van der Waals surface area contributed by atoms with E-state index in [0.717, 1.165) is 23.0 Å². The summed E-state index contributed by atoms with van der Waals surface area (Å²) in [6.45, 7) is 5.14. The number of hydrogen-bond acceptors (Lipinski definition) is 4. The highest BCUT2D eigenvalue weighted by molar-refractivity contribution is 5.83. The first kappa shape index (κ1) is 14.3. The fourth-order valence-electron chi connectivity index (χ4n) is 2.30. The first-order valence-electron chi connectivity index (χ1n) is 7.38. The van der Waals surface area contributed by atoms with Gasteiger partial charge in [0.2, 0.25) is 0 Å². The molecule has 0 aliphatic rings. The molecule has 0 unspecified atom stereocenters. The minimum absolute atomic E-state index is 0.577. The molecule has 3 rings (SSSR count). The Morgan fingerprint density at radius 1 is 1.05 bits per heavy atom. The van der Waals surface area contributed by atoms with E-state index in [0.29, 0.717) is 13.2 Å². The van der Waals surface area contributed by atoms with Gasteiger partial charge in [0.1, 0.15) is 18.2 Å². The molecule has 0 spiro atoms. The monoisotopic (exact) mass is 293 g/mol. The number of ether oxygens (including phenoxy) is 1. The second-order valence-corrected chi connectivity index (χ2v) is 5.23. The summed E-state index contributed by atoms with van der Waals surface area (Å²) in [6, 6.07) is 14.4. The predicted octanol–water partition coefficient (Wildman–Crippen LogP) is 3.74. The largest absolute Gasteiger partial charge is 0.492 e. The van der Waals surface area contributed by atoms with E-state index >= 15 is 0 Å². The average molecular weight is 293 g/mol. The zero-order chi connectivity index (χ0) is 15.4. The molecule has 0 atom stereocenters. The third kappa shape index (κ3) is 3.34. The van der Waals surface area contributed by atoms with Crippen LogP contribution in [-0.4, -0.2) is 23.1 Å². The van der Waals surface area contributed by atoms with Gasteiger partial charge in [-0.1, -0.05) is 30.3 Å². The number of benzene rings is 2. The zero-order valence-electron chi connectivity index (χ0n) is 12.8. The van der Waals surface area contributed by atoms with Crippen LogP contribution in [0.15, 0.2) is 48.7 Å². The molecule has 1 heterocycles. The Hall–Kier alpha value is -2.62. The van der Waals surface area contributed by atoms with Crippen molar-refractivity contribution in [2.45, 2.75) is 13.8 Å². The topological polar surface area (TPSA) is 47.0 Å². The van der Waals surface area contributed by atoms with Crippen molar-refractivity contribution in [3.8, 4) is 5.75 Å². The van der Waals surface area contributed by atoms with E-state index in [9.17, 15) is 0 Å². The van der Waals surface area contributed by atoms with Crippen LogP contribution in [0.2, 0.25) is 0 Å². The number of rotatable bonds is 5. The van der Waals surface area contributed by atoms with Crippen molar-refractivity contribution < 1.29 is 4.74 Å². The highest BCUT2D eigenvalue weighted by Crippen LogP contribution is 2.20. The SMILES string of the molecule is Cc1cnc(C)c(NCCOc2ccc3ccccc3c2)n1. The van der Waals surface area contributed by atoms with Crippen molar-refractivity contribution in [3.63, 3.8) is 0 Å². The molecule has 0 radical (unpaired) electrons. The number of aromatic nitrogens is 2. The summed E-state index contributed by atoms with van der Waals surface area (Å²) >= 11 is 0. The third-order valence-corrected chi connectivity index (χ3v) is 3.46. The predicted molar refractivity (Wildman–Crippen MR) is 89.4 cm³/mol. The second-order valence-electron chi connectivity index (χ2n) is 5.23. The molecule has 4 nitrogen and oxygen atoms in total. The summed E-state index contributed by atoms with van der Waals surface area (Å²) in [5.41, 5.74) is 1.81. The maximum absolute atomic E-state index is 5.80. The molecule has 22 heavy (non-hydrogen) atoms. The van der Waals surface area contributed by atoms with Crippen LogP contribution in [0.3, 0.4) is 0 Å². The Morgan fingerprint density at radius 3 is 2.73 bits per heavy atom. The van der Waals surface area contributed by atoms with Crippen LogP contribution in [0.5, 0.6) is 5.75 Å². The Labute approximate surface area is 130 Å². The van der Waals surface area contributed by atoms with Gasteiger partial charge in [-0.2, -0.15) is 0 Å². The molecule has 4 heteroatoms. The van der Waals surface area contributed by atoms with E-state index in [2.05, 4.69) is 39.6 Å². The van der Waals surface area contributed by atoms with Crippen LogP contribution in [-0.2, 0) is 0 Å². The van der Waals surface area contributed by atoms with E-state index in [1.54, 1.807) is 6.20 Å². The van der Waals surface area contributed by atoms with Crippen molar-refractivity contribution in [3.05, 3.63) is 60.0 Å². The third-order valence-electron chi connectivity index (χ3n) is 3.46. The van der Waals surface area contributed by atoms with Crippen molar-refractivity contribution in [2.75, 3.05) is 18.5 Å². The Kier molecular flexibility index (Phi) is 4.19. The molecular formula is C18H19N3O. The first-order valence-corrected chi connectivity index (χ1v) is 7.38. The van der Waals surface area contributed by atoms with Crippen LogP contribution in [0.25, 0.3) is 10.8 Å². The maximum Gasteiger partial charge on any atom is 0.147 e. The Morgan fingerprint density at radius 2 is 1.86 bits per heavy atom. The quantitative estimate of drug-likeness (QED) is 0.728. The summed E-state index contributed by atoms with van der Waals surface area (Å²) in [6.07, 6.45) is 1.77. The van der Waals surface area contributed by atoms with E-state index in [4.69, 9.17) is 4.74 Å². The van der Waals surface area contributed by atoms with Gasteiger partial charge in [-0.15, -0.1) is 0 Å². The summed E-state index contributed by atoms with van der Waals surface area (Å²) in [4.78, 5) is 8.71. The standard InChI is InChI=1S/C18H19N3O/c1-13-12-20-14(2)18(21-13)19-9-10-22-17-8-7-15-5-3-4-6-16(15)11-17/h3-8,11-12H,9-10H2,1-2H3,(H,19,21). The number of anilines is 1. The van der Waals surface area contributed by atoms with Crippen molar-refractivity contribution in [1.29, 1.82) is 0 Å². The van der Waals surface area contributed by atoms with E-state index in [1.807, 2.05) is 32.0 Å². The Balaban J connectivity index is 1.57. The average Bonchev–Trinajstić information content (AvgIpc) is 2.54. The van der Waals surface area contributed by atoms with Crippen LogP contribution in [0.1, 0.15) is 11.4 Å². The molecule has 0 amide bonds. The molecule has 112 valence electrons. The maximum atomic E-state index is 5.80. The van der Waals surface area contributed by atoms with E-state index < -0.39 is 0 Å². The first-order chi connectivity index (χ1) is 10.7. The fraction of sp³-hybridized carbons (Fsp3) is 0.222. The smallest absolute Gasteiger partial charge is 0.147 e. The highest BCUT2D eigenvalue weighted by atomic mass is 16.5. The Bertz CT molecular complexity index is 786. The fourth-order valence-corrected chi connectivity index (χ4v) is 2.30. The number of fused-ring (bicyclic) bond motifs is 1. The van der Waals surface area contributed by atoms with Gasteiger partial charge in [0.25, 0.3) is 0 Å². The van der Waals surface area contributed by atoms with Gasteiger partial charge in [0.15, 0.2) is 0 Å². The summed E-state index contributed by atoms with van der Waals surface area (Å²) in [7, 11) is 0. The molecule has 0 fully saturated rings. The molecule has 2 aromatic carbocycles. The van der Waals surface area contributed by atoms with Crippen LogP contribution >= 0.6 is 0 Å². The number of nitrogens with one attached hydrogen (secondary N) is 1. The number of hydrogen-bond donors (Lipinski definition) is 1. The number of aryl methyl sites for hydroxylation is 2. The van der Waals surface area contributed by atoms with Gasteiger partial charge in [-0.3, -0.25) is 4.98 Å². The summed E-state index contributed by atoms with van der Waals surface area (Å²) in [5.74, 6) is 1.70. The molecule has 0 bridgehead atoms. The molecular weight excluding hydrogens is 274 g/mol. The normalized spacial score (nSPS) is 10.6. The lowest BCUT2D eigenvalue weighted by Crippen LogP contribution is -2.14. The molecule has 1 N–H and O–H groups in total. The van der Waals surface area contributed by atoms with Gasteiger partial charge in [0, 0.05) is 6.20 Å². The molecule has 0 saturated heterocycles. The van der Waals surface area contributed by atoms with E-state index in [-0.39, 0.29) is 0 Å². The number of nitrogens with zero attached hydrogens (tertiary/aromatic N) is 2. The summed E-state index contributed by atoms with van der Waals surface area (Å²) < 4.78 is 5.80. The van der Waals surface area contributed by atoms with Gasteiger partial charge in [-0.05, 0) is 36.8 Å². The zero-order valence-corrected chi connectivity index (χ0v) is 12.8. The lowest BCUT2D eigenvalue weighted by Gasteiger charge is -2.10.